The van der Waals surface area contributed by atoms with Gasteiger partial charge in [0.1, 0.15) is 0 Å². The molecule has 1 aromatic heterocycles. The van der Waals surface area contributed by atoms with Gasteiger partial charge in [0, 0.05) is 26.3 Å². The minimum absolute atomic E-state index is 0. The van der Waals surface area contributed by atoms with Gasteiger partial charge in [0.05, 0.1) is 0 Å². The van der Waals surface area contributed by atoms with Crippen molar-refractivity contribution in [2.45, 2.75) is 26.2 Å². The Bertz CT molecular complexity index is 455. The van der Waals surface area contributed by atoms with Gasteiger partial charge in [-0.3, -0.25) is 0 Å². The van der Waals surface area contributed by atoms with Crippen LogP contribution in [-0.2, 0) is 25.5 Å². The maximum absolute atomic E-state index is 4.48. The molecule has 0 saturated carbocycles. The molecule has 0 unspecified atom stereocenters. The number of nitrogens with zero attached hydrogens (tertiary/aromatic N) is 1. The Morgan fingerprint density at radius 1 is 1.06 bits per heavy atom. The van der Waals surface area contributed by atoms with Crippen LogP contribution >= 0.6 is 0 Å². The first-order chi connectivity index (χ1) is 7.57. The Kier molecular flexibility index (Phi) is 6.45. The van der Waals surface area contributed by atoms with E-state index in [0.717, 1.165) is 11.3 Å². The molecule has 0 bridgehead atoms. The van der Waals surface area contributed by atoms with Gasteiger partial charge in [-0.25, -0.2) is 0 Å². The number of aromatic nitrogens is 1. The first kappa shape index (κ1) is 17.0. The van der Waals surface area contributed by atoms with E-state index in [9.17, 15) is 0 Å². The molecule has 1 nitrogen and oxygen atoms in total. The van der Waals surface area contributed by atoms with Crippen molar-refractivity contribution in [3.63, 3.8) is 0 Å². The third-order valence-electron chi connectivity index (χ3n) is 2.61. The molecule has 1 aromatic carbocycles. The average molecular weight is 418 g/mol. The van der Waals surface area contributed by atoms with E-state index in [1.807, 2.05) is 30.5 Å². The minimum Gasteiger partial charge on any atom is -0.358 e. The molecule has 1 radical (unpaired) electrons. The van der Waals surface area contributed by atoms with Gasteiger partial charge in [-0.1, -0.05) is 32.9 Å². The summed E-state index contributed by atoms with van der Waals surface area (Å²) in [5.74, 6) is 0. The van der Waals surface area contributed by atoms with Crippen LogP contribution in [0.2, 0.25) is 0 Å². The summed E-state index contributed by atoms with van der Waals surface area (Å²) in [7, 11) is 0. The Morgan fingerprint density at radius 3 is 2.22 bits per heavy atom. The van der Waals surface area contributed by atoms with Gasteiger partial charge in [0.15, 0.2) is 0 Å². The third kappa shape index (κ3) is 4.04. The molecule has 1 heterocycles. The van der Waals surface area contributed by atoms with E-state index in [1.165, 1.54) is 5.56 Å². The molecular weight excluding hydrogens is 398 g/mol. The topological polar surface area (TPSA) is 12.9 Å². The van der Waals surface area contributed by atoms with Crippen LogP contribution < -0.4 is 0 Å². The van der Waals surface area contributed by atoms with E-state index in [-0.39, 0.29) is 32.9 Å². The van der Waals surface area contributed by atoms with Crippen LogP contribution in [-0.4, -0.2) is 4.98 Å². The van der Waals surface area contributed by atoms with Gasteiger partial charge in [-0.15, -0.1) is 35.9 Å². The third-order valence-corrected chi connectivity index (χ3v) is 2.61. The maximum Gasteiger partial charge on any atom is 0.0198 e. The van der Waals surface area contributed by atoms with E-state index in [1.54, 1.807) is 0 Å². The maximum atomic E-state index is 4.48. The average Bonchev–Trinajstić information content (AvgIpc) is 2.29. The van der Waals surface area contributed by atoms with Crippen molar-refractivity contribution in [1.29, 1.82) is 0 Å². The molecule has 0 aliphatic rings. The molecule has 0 spiro atoms. The van der Waals surface area contributed by atoms with Gasteiger partial charge >= 0.3 is 0 Å². The number of pyridine rings is 1. The first-order valence-corrected chi connectivity index (χ1v) is 5.51. The molecule has 2 aromatic rings. The molecule has 0 aliphatic heterocycles. The second-order valence-electron chi connectivity index (χ2n) is 4.96. The normalized spacial score (nSPS) is 10.2. The summed E-state index contributed by atoms with van der Waals surface area (Å²) < 4.78 is 0. The molecule has 99 valence electrons. The number of hydrogen-bond donors (Lipinski definition) is 0. The van der Waals surface area contributed by atoms with Crippen molar-refractivity contribution in [3.05, 3.63) is 61.7 Å². The van der Waals surface area contributed by atoms with Crippen molar-refractivity contribution >= 4 is 0 Å². The second kappa shape index (κ2) is 6.82. The molecule has 0 N–H and O–H groups in total. The van der Waals surface area contributed by atoms with Crippen LogP contribution in [0.1, 0.15) is 26.3 Å². The van der Waals surface area contributed by atoms with E-state index < -0.39 is 0 Å². The van der Waals surface area contributed by atoms with E-state index in [4.69, 9.17) is 0 Å². The van der Waals surface area contributed by atoms with Crippen molar-refractivity contribution < 1.29 is 20.1 Å². The zero-order chi connectivity index (χ0) is 11.6. The van der Waals surface area contributed by atoms with Crippen molar-refractivity contribution in [3.8, 4) is 11.3 Å². The van der Waals surface area contributed by atoms with E-state index in [0.29, 0.717) is 0 Å². The fraction of sp³-hybridized carbons (Fsp3) is 0.250. The van der Waals surface area contributed by atoms with Crippen LogP contribution in [0.3, 0.4) is 0 Å². The molecule has 0 saturated heterocycles. The van der Waals surface area contributed by atoms with Gasteiger partial charge in [-0.2, -0.15) is 0 Å². The Morgan fingerprint density at radius 2 is 1.78 bits per heavy atom. The van der Waals surface area contributed by atoms with Crippen LogP contribution in [0.4, 0.5) is 0 Å². The largest absolute Gasteiger partial charge is 0.358 e. The van der Waals surface area contributed by atoms with Gasteiger partial charge in [-0.05, 0) is 16.7 Å². The zero-order valence-corrected chi connectivity index (χ0v) is 13.7. The standard InChI is InChI=1S/C15H16N.CH3.Ir/c1-15(2,3)13-9-10-14(16-11-13)12-7-5-4-6-8-12;;/h4-7,9-11H,1-3H3;1H3;/q2*-1;. The molecule has 0 amide bonds. The Hall–Kier alpha value is -0.981. The predicted octanol–water partition coefficient (Wildman–Crippen LogP) is 4.29. The second-order valence-corrected chi connectivity index (χ2v) is 4.96. The molecule has 0 atom stereocenters. The van der Waals surface area contributed by atoms with Crippen LogP contribution in [0.5, 0.6) is 0 Å². The Labute approximate surface area is 124 Å². The summed E-state index contributed by atoms with van der Waals surface area (Å²) in [6.07, 6.45) is 1.95. The first-order valence-electron chi connectivity index (χ1n) is 5.51. The summed E-state index contributed by atoms with van der Waals surface area (Å²) in [6, 6.07) is 15.3. The van der Waals surface area contributed by atoms with Gasteiger partial charge in [0.25, 0.3) is 0 Å². The molecular formula is C16H19IrN-2. The quantitative estimate of drug-likeness (QED) is 0.631. The minimum atomic E-state index is 0. The zero-order valence-electron chi connectivity index (χ0n) is 11.3. The summed E-state index contributed by atoms with van der Waals surface area (Å²) in [5.41, 5.74) is 3.44. The van der Waals surface area contributed by atoms with Crippen molar-refractivity contribution in [2.75, 3.05) is 0 Å². The molecule has 2 heteroatoms. The summed E-state index contributed by atoms with van der Waals surface area (Å²) in [4.78, 5) is 4.48. The van der Waals surface area contributed by atoms with Crippen molar-refractivity contribution in [1.82, 2.24) is 4.98 Å². The van der Waals surface area contributed by atoms with Crippen molar-refractivity contribution in [2.24, 2.45) is 0 Å². The van der Waals surface area contributed by atoms with E-state index >= 15 is 0 Å². The smallest absolute Gasteiger partial charge is 0.0198 e. The summed E-state index contributed by atoms with van der Waals surface area (Å²) >= 11 is 0. The predicted molar refractivity (Wildman–Crippen MR) is 73.6 cm³/mol. The van der Waals surface area contributed by atoms with Crippen LogP contribution in [0.25, 0.3) is 11.3 Å². The van der Waals surface area contributed by atoms with Crippen LogP contribution in [0.15, 0.2) is 42.6 Å². The van der Waals surface area contributed by atoms with Gasteiger partial charge < -0.3 is 12.4 Å². The summed E-state index contributed by atoms with van der Waals surface area (Å²) in [6.45, 7) is 6.58. The Balaban J connectivity index is 0.00000144. The summed E-state index contributed by atoms with van der Waals surface area (Å²) in [5, 5.41) is 0. The monoisotopic (exact) mass is 418 g/mol. The number of benzene rings is 1. The molecule has 2 rings (SSSR count). The molecule has 18 heavy (non-hydrogen) atoms. The molecule has 0 aliphatic carbocycles. The van der Waals surface area contributed by atoms with Crippen LogP contribution in [0, 0.1) is 13.5 Å². The molecule has 0 fully saturated rings. The fourth-order valence-electron chi connectivity index (χ4n) is 1.55. The number of rotatable bonds is 1. The number of hydrogen-bond acceptors (Lipinski definition) is 1. The SMILES string of the molecule is CC(C)(C)c1ccc(-c2[c-]cccc2)nc1.[CH3-].[Ir]. The van der Waals surface area contributed by atoms with E-state index in [2.05, 4.69) is 44.0 Å². The fourth-order valence-corrected chi connectivity index (χ4v) is 1.55. The van der Waals surface area contributed by atoms with Gasteiger partial charge in [0.2, 0.25) is 0 Å².